The molecule has 2 heterocycles. The minimum atomic E-state index is -2.92. The van der Waals surface area contributed by atoms with Crippen LogP contribution in [0.4, 0.5) is 5.69 Å². The van der Waals surface area contributed by atoms with E-state index in [1.165, 1.54) is 0 Å². The fourth-order valence-electron chi connectivity index (χ4n) is 3.50. The monoisotopic (exact) mass is 352 g/mol. The molecule has 0 radical (unpaired) electrons. The molecule has 0 spiro atoms. The summed E-state index contributed by atoms with van der Waals surface area (Å²) in [5.74, 6) is 1.31. The highest BCUT2D eigenvalue weighted by Crippen LogP contribution is 2.29. The fraction of sp³-hybridized carbons (Fsp3) is 0.588. The van der Waals surface area contributed by atoms with Crippen LogP contribution in [0.3, 0.4) is 0 Å². The minimum absolute atomic E-state index is 0.00486. The minimum Gasteiger partial charge on any atom is -0.495 e. The first kappa shape index (κ1) is 17.1. The van der Waals surface area contributed by atoms with Gasteiger partial charge in [-0.15, -0.1) is 0 Å². The van der Waals surface area contributed by atoms with Crippen molar-refractivity contribution in [3.05, 3.63) is 24.3 Å². The molecule has 0 saturated carbocycles. The predicted molar refractivity (Wildman–Crippen MR) is 93.2 cm³/mol. The van der Waals surface area contributed by atoms with Gasteiger partial charge in [0.05, 0.1) is 24.3 Å². The summed E-state index contributed by atoms with van der Waals surface area (Å²) in [6.45, 7) is 2.84. The molecule has 6 nitrogen and oxygen atoms in total. The number of benzene rings is 1. The number of hydrogen-bond acceptors (Lipinski definition) is 5. The Morgan fingerprint density at radius 3 is 2.54 bits per heavy atom. The molecule has 0 unspecified atom stereocenters. The molecule has 1 amide bonds. The van der Waals surface area contributed by atoms with Gasteiger partial charge in [0.25, 0.3) is 0 Å². The number of ether oxygens (including phenoxy) is 1. The number of piperazine rings is 1. The molecule has 0 N–H and O–H groups in total. The molecule has 2 saturated heterocycles. The van der Waals surface area contributed by atoms with Crippen molar-refractivity contribution < 1.29 is 17.9 Å². The maximum Gasteiger partial charge on any atom is 0.223 e. The van der Waals surface area contributed by atoms with Gasteiger partial charge in [-0.05, 0) is 24.5 Å². The van der Waals surface area contributed by atoms with E-state index >= 15 is 0 Å². The van der Waals surface area contributed by atoms with Crippen LogP contribution in [0.2, 0.25) is 0 Å². The maximum absolute atomic E-state index is 12.4. The summed E-state index contributed by atoms with van der Waals surface area (Å²) in [5, 5.41) is 0. The van der Waals surface area contributed by atoms with Crippen molar-refractivity contribution in [3.63, 3.8) is 0 Å². The lowest BCUT2D eigenvalue weighted by Gasteiger charge is -2.37. The number of hydrogen-bond donors (Lipinski definition) is 0. The van der Waals surface area contributed by atoms with Crippen LogP contribution in [0.5, 0.6) is 5.75 Å². The van der Waals surface area contributed by atoms with Crippen LogP contribution < -0.4 is 9.64 Å². The summed E-state index contributed by atoms with van der Waals surface area (Å²) >= 11 is 0. The van der Waals surface area contributed by atoms with Crippen molar-refractivity contribution in [2.45, 2.75) is 12.8 Å². The number of rotatable bonds is 4. The first-order chi connectivity index (χ1) is 11.5. The third-order valence-electron chi connectivity index (χ3n) is 4.85. The van der Waals surface area contributed by atoms with E-state index in [1.807, 2.05) is 29.2 Å². The zero-order valence-corrected chi connectivity index (χ0v) is 14.8. The van der Waals surface area contributed by atoms with Crippen LogP contribution in [0.1, 0.15) is 12.8 Å². The van der Waals surface area contributed by atoms with Crippen LogP contribution >= 0.6 is 0 Å². The molecule has 2 aliphatic heterocycles. The highest BCUT2D eigenvalue weighted by Gasteiger charge is 2.31. The molecule has 1 aromatic carbocycles. The van der Waals surface area contributed by atoms with Crippen molar-refractivity contribution in [1.29, 1.82) is 0 Å². The normalized spacial score (nSPS) is 23.3. The van der Waals surface area contributed by atoms with Crippen molar-refractivity contribution in [2.24, 2.45) is 5.92 Å². The highest BCUT2D eigenvalue weighted by molar-refractivity contribution is 7.91. The van der Waals surface area contributed by atoms with E-state index in [4.69, 9.17) is 4.74 Å². The highest BCUT2D eigenvalue weighted by atomic mass is 32.2. The molecule has 7 heteroatoms. The third-order valence-corrected chi connectivity index (χ3v) is 6.69. The Labute approximate surface area is 143 Å². The summed E-state index contributed by atoms with van der Waals surface area (Å²) in [6.07, 6.45) is 0.975. The molecule has 1 aromatic rings. The van der Waals surface area contributed by atoms with Gasteiger partial charge in [0.15, 0.2) is 9.84 Å². The second-order valence-electron chi connectivity index (χ2n) is 6.51. The number of carbonyl (C=O) groups is 1. The Bertz CT molecular complexity index is 696. The van der Waals surface area contributed by atoms with Gasteiger partial charge in [0.1, 0.15) is 5.75 Å². The largest absolute Gasteiger partial charge is 0.495 e. The smallest absolute Gasteiger partial charge is 0.223 e. The molecule has 0 aliphatic carbocycles. The van der Waals surface area contributed by atoms with Crippen molar-refractivity contribution in [2.75, 3.05) is 49.7 Å². The Morgan fingerprint density at radius 1 is 1.21 bits per heavy atom. The number of carbonyl (C=O) groups excluding carboxylic acids is 1. The Hall–Kier alpha value is -1.76. The molecule has 24 heavy (non-hydrogen) atoms. The SMILES string of the molecule is COc1ccccc1N1CCN(C(=O)C[C@@H]2CCS(=O)(=O)C2)CC1. The second kappa shape index (κ2) is 7.01. The lowest BCUT2D eigenvalue weighted by atomic mass is 10.0. The van der Waals surface area contributed by atoms with E-state index in [-0.39, 0.29) is 23.3 Å². The quantitative estimate of drug-likeness (QED) is 0.814. The van der Waals surface area contributed by atoms with Gasteiger partial charge < -0.3 is 14.5 Å². The molecule has 0 aromatic heterocycles. The van der Waals surface area contributed by atoms with Gasteiger partial charge >= 0.3 is 0 Å². The maximum atomic E-state index is 12.4. The van der Waals surface area contributed by atoms with Gasteiger partial charge in [0.2, 0.25) is 5.91 Å². The number of nitrogens with zero attached hydrogens (tertiary/aromatic N) is 2. The molecule has 2 fully saturated rings. The standard InChI is InChI=1S/C17H24N2O4S/c1-23-16-5-3-2-4-15(16)18-7-9-19(10-8-18)17(20)12-14-6-11-24(21,22)13-14/h2-5,14H,6-13H2,1H3/t14-/m0/s1. The van der Waals surface area contributed by atoms with Gasteiger partial charge in [0, 0.05) is 32.6 Å². The average molecular weight is 352 g/mol. The summed E-state index contributed by atoms with van der Waals surface area (Å²) in [6, 6.07) is 7.89. The summed E-state index contributed by atoms with van der Waals surface area (Å²) < 4.78 is 28.4. The van der Waals surface area contributed by atoms with Crippen molar-refractivity contribution >= 4 is 21.4 Å². The molecular weight excluding hydrogens is 328 g/mol. The first-order valence-electron chi connectivity index (χ1n) is 8.34. The van der Waals surface area contributed by atoms with Crippen LogP contribution in [0.25, 0.3) is 0 Å². The van der Waals surface area contributed by atoms with E-state index < -0.39 is 9.84 Å². The molecule has 3 rings (SSSR count). The van der Waals surface area contributed by atoms with E-state index in [0.29, 0.717) is 25.9 Å². The molecule has 132 valence electrons. The zero-order valence-electron chi connectivity index (χ0n) is 14.0. The van der Waals surface area contributed by atoms with Crippen molar-refractivity contribution in [1.82, 2.24) is 4.90 Å². The van der Waals surface area contributed by atoms with E-state index in [9.17, 15) is 13.2 Å². The Morgan fingerprint density at radius 2 is 1.92 bits per heavy atom. The fourth-order valence-corrected chi connectivity index (χ4v) is 5.36. The number of para-hydroxylation sites is 2. The first-order valence-corrected chi connectivity index (χ1v) is 10.2. The topological polar surface area (TPSA) is 66.9 Å². The molecular formula is C17H24N2O4S. The third kappa shape index (κ3) is 3.83. The predicted octanol–water partition coefficient (Wildman–Crippen LogP) is 1.17. The average Bonchev–Trinajstić information content (AvgIpc) is 2.93. The van der Waals surface area contributed by atoms with Gasteiger partial charge in [-0.3, -0.25) is 4.79 Å². The lowest BCUT2D eigenvalue weighted by molar-refractivity contribution is -0.132. The molecule has 0 bridgehead atoms. The second-order valence-corrected chi connectivity index (χ2v) is 8.74. The summed E-state index contributed by atoms with van der Waals surface area (Å²) in [7, 11) is -1.26. The van der Waals surface area contributed by atoms with Crippen LogP contribution in [-0.2, 0) is 14.6 Å². The molecule has 1 atom stereocenters. The van der Waals surface area contributed by atoms with Gasteiger partial charge in [-0.2, -0.15) is 0 Å². The van der Waals surface area contributed by atoms with Crippen LogP contribution in [0, 0.1) is 5.92 Å². The number of amides is 1. The van der Waals surface area contributed by atoms with Crippen LogP contribution in [-0.4, -0.2) is 64.0 Å². The molecule has 2 aliphatic rings. The number of sulfone groups is 1. The summed E-state index contributed by atoms with van der Waals surface area (Å²) in [5.41, 5.74) is 1.05. The van der Waals surface area contributed by atoms with E-state index in [2.05, 4.69) is 4.90 Å². The Balaban J connectivity index is 1.54. The van der Waals surface area contributed by atoms with Gasteiger partial charge in [-0.25, -0.2) is 8.42 Å². The van der Waals surface area contributed by atoms with E-state index in [1.54, 1.807) is 7.11 Å². The summed E-state index contributed by atoms with van der Waals surface area (Å²) in [4.78, 5) is 16.5. The van der Waals surface area contributed by atoms with E-state index in [0.717, 1.165) is 24.5 Å². The van der Waals surface area contributed by atoms with Gasteiger partial charge in [-0.1, -0.05) is 12.1 Å². The van der Waals surface area contributed by atoms with Crippen LogP contribution in [0.15, 0.2) is 24.3 Å². The number of anilines is 1. The zero-order chi connectivity index (χ0) is 17.2. The van der Waals surface area contributed by atoms with Crippen molar-refractivity contribution in [3.8, 4) is 5.75 Å². The Kier molecular flexibility index (Phi) is 4.99. The number of methoxy groups -OCH3 is 1. The lowest BCUT2D eigenvalue weighted by Crippen LogP contribution is -2.49.